The van der Waals surface area contributed by atoms with Crippen molar-refractivity contribution in [2.45, 2.75) is 31.9 Å². The van der Waals surface area contributed by atoms with Gasteiger partial charge in [0, 0.05) is 30.1 Å². The number of aromatic nitrogens is 1. The first-order valence-electron chi connectivity index (χ1n) is 9.36. The van der Waals surface area contributed by atoms with Crippen molar-refractivity contribution in [3.05, 3.63) is 58.3 Å². The van der Waals surface area contributed by atoms with Crippen LogP contribution in [0.1, 0.15) is 34.9 Å². The van der Waals surface area contributed by atoms with Crippen LogP contribution >= 0.6 is 11.3 Å². The standard InChI is InChI=1S/C21H21FN2O2S/c22-17-8-15(20-16(9-17)12-25-13-26-20)11-24-7-3-4-14(10-24)21-23-18-5-1-2-6-19(18)27-21/h1-2,5-6,8-9,14H,3-4,7,10-13H2. The molecule has 0 N–H and O–H groups in total. The highest BCUT2D eigenvalue weighted by Crippen LogP contribution is 2.35. The number of nitrogens with zero attached hydrogens (tertiary/aromatic N) is 2. The van der Waals surface area contributed by atoms with Crippen molar-refractivity contribution >= 4 is 21.6 Å². The summed E-state index contributed by atoms with van der Waals surface area (Å²) in [5.74, 6) is 1.01. The Morgan fingerprint density at radius 3 is 3.11 bits per heavy atom. The van der Waals surface area contributed by atoms with E-state index in [9.17, 15) is 4.39 Å². The summed E-state index contributed by atoms with van der Waals surface area (Å²) in [4.78, 5) is 7.25. The van der Waals surface area contributed by atoms with Gasteiger partial charge in [-0.3, -0.25) is 4.90 Å². The molecule has 0 amide bonds. The van der Waals surface area contributed by atoms with E-state index in [1.165, 1.54) is 15.8 Å². The van der Waals surface area contributed by atoms with Gasteiger partial charge in [0.15, 0.2) is 6.79 Å². The van der Waals surface area contributed by atoms with Gasteiger partial charge in [0.2, 0.25) is 0 Å². The van der Waals surface area contributed by atoms with Gasteiger partial charge in [-0.2, -0.15) is 0 Å². The molecule has 1 saturated heterocycles. The SMILES string of the molecule is Fc1cc2c(c(CN3CCCC(c4nc5ccccc5s4)C3)c1)OCOC2. The fourth-order valence-electron chi connectivity index (χ4n) is 4.08. The molecule has 0 spiro atoms. The summed E-state index contributed by atoms with van der Waals surface area (Å²) >= 11 is 1.80. The molecule has 4 nitrogen and oxygen atoms in total. The maximum atomic E-state index is 14.0. The summed E-state index contributed by atoms with van der Waals surface area (Å²) in [5.41, 5.74) is 2.80. The minimum absolute atomic E-state index is 0.224. The van der Waals surface area contributed by atoms with Crippen LogP contribution in [0.25, 0.3) is 10.2 Å². The second kappa shape index (κ2) is 7.19. The lowest BCUT2D eigenvalue weighted by molar-refractivity contribution is -0.0178. The Bertz CT molecular complexity index is 941. The number of likely N-dealkylation sites (tertiary alicyclic amines) is 1. The highest BCUT2D eigenvalue weighted by atomic mass is 32.1. The Kier molecular flexibility index (Phi) is 4.55. The molecule has 2 aromatic carbocycles. The summed E-state index contributed by atoms with van der Waals surface area (Å²) in [5, 5.41) is 1.21. The van der Waals surface area contributed by atoms with Crippen molar-refractivity contribution in [3.8, 4) is 5.75 Å². The average molecular weight is 384 g/mol. The number of hydrogen-bond donors (Lipinski definition) is 0. The van der Waals surface area contributed by atoms with Crippen molar-refractivity contribution in [1.82, 2.24) is 9.88 Å². The van der Waals surface area contributed by atoms with E-state index in [0.29, 0.717) is 19.1 Å². The molecular weight excluding hydrogens is 363 g/mol. The lowest BCUT2D eigenvalue weighted by Gasteiger charge is -2.32. The van der Waals surface area contributed by atoms with E-state index in [-0.39, 0.29) is 12.6 Å². The zero-order valence-electron chi connectivity index (χ0n) is 15.0. The summed E-state index contributed by atoms with van der Waals surface area (Å²) in [7, 11) is 0. The quantitative estimate of drug-likeness (QED) is 0.657. The van der Waals surface area contributed by atoms with Gasteiger partial charge in [0.25, 0.3) is 0 Å². The van der Waals surface area contributed by atoms with Crippen LogP contribution in [0.2, 0.25) is 0 Å². The van der Waals surface area contributed by atoms with Gasteiger partial charge in [0.1, 0.15) is 11.6 Å². The van der Waals surface area contributed by atoms with Crippen LogP contribution in [-0.4, -0.2) is 29.8 Å². The molecule has 2 aliphatic rings. The highest BCUT2D eigenvalue weighted by molar-refractivity contribution is 7.18. The maximum Gasteiger partial charge on any atom is 0.189 e. The number of halogens is 1. The Morgan fingerprint density at radius 2 is 2.19 bits per heavy atom. The van der Waals surface area contributed by atoms with Gasteiger partial charge in [-0.1, -0.05) is 12.1 Å². The average Bonchev–Trinajstić information content (AvgIpc) is 3.12. The fourth-order valence-corrected chi connectivity index (χ4v) is 5.17. The van der Waals surface area contributed by atoms with Crippen LogP contribution < -0.4 is 4.74 Å². The van der Waals surface area contributed by atoms with Crippen molar-refractivity contribution in [2.75, 3.05) is 19.9 Å². The van der Waals surface area contributed by atoms with Crippen LogP contribution in [0.15, 0.2) is 36.4 Å². The van der Waals surface area contributed by atoms with Crippen LogP contribution in [0.4, 0.5) is 4.39 Å². The number of benzene rings is 2. The smallest absolute Gasteiger partial charge is 0.189 e. The van der Waals surface area contributed by atoms with Crippen molar-refractivity contribution in [2.24, 2.45) is 0 Å². The normalized spacial score (nSPS) is 20.4. The summed E-state index contributed by atoms with van der Waals surface area (Å²) in [6, 6.07) is 11.4. The second-order valence-electron chi connectivity index (χ2n) is 7.26. The fraction of sp³-hybridized carbons (Fsp3) is 0.381. The molecule has 3 heterocycles. The van der Waals surface area contributed by atoms with E-state index in [1.54, 1.807) is 17.4 Å². The summed E-state index contributed by atoms with van der Waals surface area (Å²) in [6.07, 6.45) is 2.28. The molecule has 6 heteroatoms. The highest BCUT2D eigenvalue weighted by Gasteiger charge is 2.26. The topological polar surface area (TPSA) is 34.6 Å². The van der Waals surface area contributed by atoms with E-state index in [2.05, 4.69) is 23.1 Å². The molecule has 0 radical (unpaired) electrons. The van der Waals surface area contributed by atoms with E-state index in [0.717, 1.165) is 48.3 Å². The van der Waals surface area contributed by atoms with E-state index in [4.69, 9.17) is 14.5 Å². The Labute approximate surface area is 161 Å². The first-order valence-corrected chi connectivity index (χ1v) is 10.2. The second-order valence-corrected chi connectivity index (χ2v) is 8.32. The molecule has 1 atom stereocenters. The third kappa shape index (κ3) is 3.45. The number of fused-ring (bicyclic) bond motifs is 2. The first-order chi connectivity index (χ1) is 13.3. The molecule has 2 aliphatic heterocycles. The third-order valence-corrected chi connectivity index (χ3v) is 6.51. The lowest BCUT2D eigenvalue weighted by Crippen LogP contribution is -2.34. The molecule has 140 valence electrons. The molecular formula is C21H21FN2O2S. The van der Waals surface area contributed by atoms with Crippen LogP contribution in [0.5, 0.6) is 5.75 Å². The molecule has 1 fully saturated rings. The third-order valence-electron chi connectivity index (χ3n) is 5.31. The van der Waals surface area contributed by atoms with E-state index in [1.807, 2.05) is 6.07 Å². The van der Waals surface area contributed by atoms with E-state index < -0.39 is 0 Å². The zero-order chi connectivity index (χ0) is 18.2. The Hall–Kier alpha value is -2.02. The van der Waals surface area contributed by atoms with Crippen LogP contribution in [-0.2, 0) is 17.9 Å². The summed E-state index contributed by atoms with van der Waals surface area (Å²) < 4.78 is 26.2. The number of piperidine rings is 1. The molecule has 0 aliphatic carbocycles. The van der Waals surface area contributed by atoms with Gasteiger partial charge in [-0.15, -0.1) is 11.3 Å². The minimum Gasteiger partial charge on any atom is -0.467 e. The van der Waals surface area contributed by atoms with Gasteiger partial charge < -0.3 is 9.47 Å². The van der Waals surface area contributed by atoms with Crippen LogP contribution in [0.3, 0.4) is 0 Å². The molecule has 1 aromatic heterocycles. The Morgan fingerprint density at radius 1 is 1.26 bits per heavy atom. The van der Waals surface area contributed by atoms with Gasteiger partial charge >= 0.3 is 0 Å². The molecule has 3 aromatic rings. The number of rotatable bonds is 3. The number of para-hydroxylation sites is 1. The first kappa shape index (κ1) is 17.1. The van der Waals surface area contributed by atoms with E-state index >= 15 is 0 Å². The number of ether oxygens (including phenoxy) is 2. The van der Waals surface area contributed by atoms with Gasteiger partial charge in [-0.25, -0.2) is 9.37 Å². The molecule has 0 saturated carbocycles. The Balaban J connectivity index is 1.36. The molecule has 0 bridgehead atoms. The lowest BCUT2D eigenvalue weighted by atomic mass is 9.97. The number of hydrogen-bond acceptors (Lipinski definition) is 5. The van der Waals surface area contributed by atoms with Gasteiger partial charge in [0.05, 0.1) is 21.8 Å². The minimum atomic E-state index is -0.224. The zero-order valence-corrected chi connectivity index (χ0v) is 15.8. The molecule has 5 rings (SSSR count). The van der Waals surface area contributed by atoms with Crippen molar-refractivity contribution in [1.29, 1.82) is 0 Å². The summed E-state index contributed by atoms with van der Waals surface area (Å²) in [6.45, 7) is 3.31. The monoisotopic (exact) mass is 384 g/mol. The largest absolute Gasteiger partial charge is 0.467 e. The predicted octanol–water partition coefficient (Wildman–Crippen LogP) is 4.68. The molecule has 1 unspecified atom stereocenters. The molecule has 27 heavy (non-hydrogen) atoms. The predicted molar refractivity (Wildman–Crippen MR) is 104 cm³/mol. The van der Waals surface area contributed by atoms with Gasteiger partial charge in [-0.05, 0) is 43.7 Å². The van der Waals surface area contributed by atoms with Crippen LogP contribution in [0, 0.1) is 5.82 Å². The van der Waals surface area contributed by atoms with Crippen molar-refractivity contribution < 1.29 is 13.9 Å². The maximum absolute atomic E-state index is 14.0. The van der Waals surface area contributed by atoms with Crippen molar-refractivity contribution in [3.63, 3.8) is 0 Å². The number of thiazole rings is 1.